The molecule has 2 aromatic rings. The van der Waals surface area contributed by atoms with E-state index in [1.807, 2.05) is 0 Å². The second-order valence-electron chi connectivity index (χ2n) is 5.35. The number of esters is 2. The van der Waals surface area contributed by atoms with E-state index in [9.17, 15) is 14.4 Å². The highest BCUT2D eigenvalue weighted by Crippen LogP contribution is 2.17. The predicted molar refractivity (Wildman–Crippen MR) is 96.4 cm³/mol. The third-order valence-electron chi connectivity index (χ3n) is 3.64. The molecule has 2 aromatic carbocycles. The lowest BCUT2D eigenvalue weighted by Crippen LogP contribution is -2.23. The smallest absolute Gasteiger partial charge is 0.338 e. The van der Waals surface area contributed by atoms with Crippen LogP contribution in [0.3, 0.4) is 0 Å². The van der Waals surface area contributed by atoms with Gasteiger partial charge in [-0.3, -0.25) is 4.79 Å². The van der Waals surface area contributed by atoms with Crippen LogP contribution in [-0.4, -0.2) is 38.8 Å². The third kappa shape index (κ3) is 4.15. The molecule has 0 radical (unpaired) electrons. The fraction of sp³-hybridized carbons (Fsp3) is 0.211. The summed E-state index contributed by atoms with van der Waals surface area (Å²) in [7, 11) is 1.70. The Morgan fingerprint density at radius 2 is 1.40 bits per heavy atom. The molecular weight excluding hydrogens is 319 g/mol. The van der Waals surface area contributed by atoms with Crippen LogP contribution in [0, 0.1) is 0 Å². The van der Waals surface area contributed by atoms with Gasteiger partial charge in [-0.2, -0.15) is 0 Å². The van der Waals surface area contributed by atoms with Gasteiger partial charge in [0.1, 0.15) is 7.85 Å². The highest BCUT2D eigenvalue weighted by atomic mass is 16.5. The first-order chi connectivity index (χ1) is 12.0. The molecule has 5 nitrogen and oxygen atoms in total. The molecule has 0 fully saturated rings. The lowest BCUT2D eigenvalue weighted by molar-refractivity contribution is 0.0523. The molecule has 0 unspecified atom stereocenters. The largest absolute Gasteiger partial charge is 0.462 e. The van der Waals surface area contributed by atoms with E-state index < -0.39 is 11.9 Å². The van der Waals surface area contributed by atoms with E-state index in [0.717, 1.165) is 0 Å². The summed E-state index contributed by atoms with van der Waals surface area (Å²) in [6.07, 6.45) is 0. The van der Waals surface area contributed by atoms with E-state index >= 15 is 0 Å². The quantitative estimate of drug-likeness (QED) is 0.454. The molecule has 128 valence electrons. The Labute approximate surface area is 147 Å². The summed E-state index contributed by atoms with van der Waals surface area (Å²) < 4.78 is 10.1. The van der Waals surface area contributed by atoms with E-state index in [0.29, 0.717) is 11.0 Å². The van der Waals surface area contributed by atoms with Gasteiger partial charge in [0.15, 0.2) is 5.78 Å². The van der Waals surface area contributed by atoms with Crippen LogP contribution < -0.4 is 5.46 Å². The number of ketones is 1. The number of ether oxygens (including phenoxy) is 2. The van der Waals surface area contributed by atoms with Crippen LogP contribution in [0.15, 0.2) is 42.5 Å². The van der Waals surface area contributed by atoms with Crippen molar-refractivity contribution in [3.05, 3.63) is 64.7 Å². The van der Waals surface area contributed by atoms with Crippen molar-refractivity contribution in [1.82, 2.24) is 0 Å². The zero-order chi connectivity index (χ0) is 18.4. The predicted octanol–water partition coefficient (Wildman–Crippen LogP) is 1.53. The SMILES string of the molecule is Bc1cc(C(=O)c2ccccc2)c(C(=O)OCC)cc1C(=O)OCC. The fourth-order valence-electron chi connectivity index (χ4n) is 2.45. The molecule has 25 heavy (non-hydrogen) atoms. The van der Waals surface area contributed by atoms with E-state index in [2.05, 4.69) is 0 Å². The Morgan fingerprint density at radius 3 is 1.96 bits per heavy atom. The van der Waals surface area contributed by atoms with E-state index in [4.69, 9.17) is 9.47 Å². The average molecular weight is 338 g/mol. The molecular formula is C19H19BO5. The van der Waals surface area contributed by atoms with E-state index in [1.165, 1.54) is 12.1 Å². The Kier molecular flexibility index (Phi) is 6.11. The molecule has 0 aliphatic heterocycles. The number of carbonyl (C=O) groups excluding carboxylic acids is 3. The van der Waals surface area contributed by atoms with Crippen molar-refractivity contribution in [1.29, 1.82) is 0 Å². The maximum Gasteiger partial charge on any atom is 0.338 e. The van der Waals surface area contributed by atoms with Gasteiger partial charge in [-0.05, 0) is 19.9 Å². The first kappa shape index (κ1) is 18.5. The maximum absolute atomic E-state index is 12.8. The lowest BCUT2D eigenvalue weighted by Gasteiger charge is -2.13. The Bertz CT molecular complexity index is 799. The first-order valence-electron chi connectivity index (χ1n) is 8.08. The Balaban J connectivity index is 2.58. The molecule has 0 saturated heterocycles. The summed E-state index contributed by atoms with van der Waals surface area (Å²) in [6.45, 7) is 3.77. The van der Waals surface area contributed by atoms with Crippen LogP contribution >= 0.6 is 0 Å². The zero-order valence-electron chi connectivity index (χ0n) is 14.5. The maximum atomic E-state index is 12.8. The molecule has 0 aliphatic rings. The number of carbonyl (C=O) groups is 3. The molecule has 0 saturated carbocycles. The Hall–Kier alpha value is -2.89. The summed E-state index contributed by atoms with van der Waals surface area (Å²) in [6, 6.07) is 11.6. The van der Waals surface area contributed by atoms with Gasteiger partial charge in [0.25, 0.3) is 0 Å². The van der Waals surface area contributed by atoms with Gasteiger partial charge in [-0.15, -0.1) is 0 Å². The molecule has 0 aromatic heterocycles. The Morgan fingerprint density at radius 1 is 0.840 bits per heavy atom. The molecule has 0 bridgehead atoms. The number of benzene rings is 2. The first-order valence-corrected chi connectivity index (χ1v) is 8.08. The van der Waals surface area contributed by atoms with Gasteiger partial charge in [0, 0.05) is 11.1 Å². The van der Waals surface area contributed by atoms with Crippen molar-refractivity contribution in [2.45, 2.75) is 13.8 Å². The summed E-state index contributed by atoms with van der Waals surface area (Å²) >= 11 is 0. The van der Waals surface area contributed by atoms with Crippen LogP contribution in [-0.2, 0) is 9.47 Å². The normalized spacial score (nSPS) is 10.2. The average Bonchev–Trinajstić information content (AvgIpc) is 2.61. The van der Waals surface area contributed by atoms with Gasteiger partial charge in [-0.1, -0.05) is 41.9 Å². The van der Waals surface area contributed by atoms with Crippen LogP contribution in [0.4, 0.5) is 0 Å². The van der Waals surface area contributed by atoms with Crippen LogP contribution in [0.5, 0.6) is 0 Å². The van der Waals surface area contributed by atoms with Gasteiger partial charge >= 0.3 is 11.9 Å². The van der Waals surface area contributed by atoms with Crippen molar-refractivity contribution in [2.24, 2.45) is 0 Å². The van der Waals surface area contributed by atoms with Crippen molar-refractivity contribution < 1.29 is 23.9 Å². The van der Waals surface area contributed by atoms with Crippen molar-refractivity contribution in [3.8, 4) is 0 Å². The fourth-order valence-corrected chi connectivity index (χ4v) is 2.45. The van der Waals surface area contributed by atoms with Crippen LogP contribution in [0.1, 0.15) is 50.5 Å². The second-order valence-corrected chi connectivity index (χ2v) is 5.35. The molecule has 6 heteroatoms. The molecule has 2 rings (SSSR count). The minimum Gasteiger partial charge on any atom is -0.462 e. The lowest BCUT2D eigenvalue weighted by atomic mass is 9.84. The van der Waals surface area contributed by atoms with Gasteiger partial charge < -0.3 is 9.47 Å². The van der Waals surface area contributed by atoms with Crippen molar-refractivity contribution >= 4 is 31.0 Å². The summed E-state index contributed by atoms with van der Waals surface area (Å²) in [5, 5.41) is 0. The molecule has 0 heterocycles. The highest BCUT2D eigenvalue weighted by molar-refractivity contribution is 6.37. The van der Waals surface area contributed by atoms with E-state index in [-0.39, 0.29) is 35.7 Å². The molecule has 0 amide bonds. The minimum atomic E-state index is -0.646. The van der Waals surface area contributed by atoms with Crippen LogP contribution in [0.25, 0.3) is 0 Å². The second kappa shape index (κ2) is 8.28. The summed E-state index contributed by atoms with van der Waals surface area (Å²) in [5.74, 6) is -1.49. The van der Waals surface area contributed by atoms with Crippen LogP contribution in [0.2, 0.25) is 0 Å². The van der Waals surface area contributed by atoms with Crippen molar-refractivity contribution in [2.75, 3.05) is 13.2 Å². The number of hydrogen-bond donors (Lipinski definition) is 0. The molecule has 0 N–H and O–H groups in total. The molecule has 0 spiro atoms. The number of rotatable bonds is 6. The van der Waals surface area contributed by atoms with Gasteiger partial charge in [0.05, 0.1) is 24.3 Å². The zero-order valence-corrected chi connectivity index (χ0v) is 14.5. The molecule has 0 atom stereocenters. The number of hydrogen-bond acceptors (Lipinski definition) is 5. The third-order valence-corrected chi connectivity index (χ3v) is 3.64. The van der Waals surface area contributed by atoms with Gasteiger partial charge in [-0.25, -0.2) is 9.59 Å². The monoisotopic (exact) mass is 338 g/mol. The summed E-state index contributed by atoms with van der Waals surface area (Å²) in [4.78, 5) is 37.2. The minimum absolute atomic E-state index is 0.0596. The molecule has 0 aliphatic carbocycles. The van der Waals surface area contributed by atoms with Crippen molar-refractivity contribution in [3.63, 3.8) is 0 Å². The standard InChI is InChI=1S/C19H19BO5/c1-3-24-18(22)14-10-15(19(23)25-4-2)16(20)11-13(14)17(21)12-8-6-5-7-9-12/h5-11H,3-4,20H2,1-2H3. The highest BCUT2D eigenvalue weighted by Gasteiger charge is 2.23. The van der Waals surface area contributed by atoms with Gasteiger partial charge in [0.2, 0.25) is 0 Å². The summed E-state index contributed by atoms with van der Waals surface area (Å²) in [5.41, 5.74) is 1.52. The topological polar surface area (TPSA) is 69.7 Å². The van der Waals surface area contributed by atoms with E-state index in [1.54, 1.807) is 52.0 Å².